The number of para-hydroxylation sites is 1. The molecule has 0 bridgehead atoms. The Labute approximate surface area is 208 Å². The number of halogens is 2. The molecule has 1 aliphatic rings. The molecule has 0 N–H and O–H groups in total. The Kier molecular flexibility index (Phi) is 5.41. The molecule has 0 aromatic heterocycles. The number of hydrogen-bond donors (Lipinski definition) is 0. The second-order valence-corrected chi connectivity index (χ2v) is 9.29. The van der Waals surface area contributed by atoms with Gasteiger partial charge in [0.25, 0.3) is 0 Å². The molecule has 4 heteroatoms. The Morgan fingerprint density at radius 2 is 1.21 bits per heavy atom. The molecule has 0 aliphatic carbocycles. The van der Waals surface area contributed by atoms with Crippen LogP contribution in [0.4, 0.5) is 5.69 Å². The number of anilines is 1. The predicted octanol–water partition coefficient (Wildman–Crippen LogP) is 8.83. The first-order valence-corrected chi connectivity index (χ1v) is 12.0. The van der Waals surface area contributed by atoms with Gasteiger partial charge in [0.1, 0.15) is 5.75 Å². The molecule has 2 unspecified atom stereocenters. The number of hydrogen-bond acceptors (Lipinski definition) is 2. The molecule has 0 saturated heterocycles. The summed E-state index contributed by atoms with van der Waals surface area (Å²) in [5.41, 5.74) is 4.40. The van der Waals surface area contributed by atoms with E-state index in [2.05, 4.69) is 77.7 Å². The van der Waals surface area contributed by atoms with E-state index in [1.165, 1.54) is 10.8 Å². The van der Waals surface area contributed by atoms with E-state index in [4.69, 9.17) is 27.9 Å². The van der Waals surface area contributed by atoms with Crippen LogP contribution in [0, 0.1) is 0 Å². The van der Waals surface area contributed by atoms with E-state index in [9.17, 15) is 0 Å². The Morgan fingerprint density at radius 1 is 0.588 bits per heavy atom. The zero-order chi connectivity index (χ0) is 23.1. The summed E-state index contributed by atoms with van der Waals surface area (Å²) < 4.78 is 6.77. The second kappa shape index (κ2) is 8.72. The van der Waals surface area contributed by atoms with Crippen molar-refractivity contribution < 1.29 is 4.74 Å². The van der Waals surface area contributed by atoms with E-state index in [1.807, 2.05) is 42.5 Å². The minimum absolute atomic E-state index is 0.0878. The highest BCUT2D eigenvalue weighted by Gasteiger charge is 2.39. The molecule has 0 spiro atoms. The van der Waals surface area contributed by atoms with Crippen molar-refractivity contribution in [1.82, 2.24) is 0 Å². The molecular formula is C30H21Cl2NO. The first kappa shape index (κ1) is 21.1. The van der Waals surface area contributed by atoms with Gasteiger partial charge in [-0.2, -0.15) is 0 Å². The molecule has 1 aliphatic heterocycles. The van der Waals surface area contributed by atoms with E-state index in [0.717, 1.165) is 33.1 Å². The van der Waals surface area contributed by atoms with Crippen LogP contribution in [0.25, 0.3) is 10.8 Å². The summed E-state index contributed by atoms with van der Waals surface area (Å²) in [6, 6.07) is 39.0. The molecule has 166 valence electrons. The van der Waals surface area contributed by atoms with Gasteiger partial charge in [-0.1, -0.05) is 96.0 Å². The van der Waals surface area contributed by atoms with Gasteiger partial charge in [0.15, 0.2) is 6.23 Å². The summed E-state index contributed by atoms with van der Waals surface area (Å²) in [6.07, 6.45) is -0.339. The lowest BCUT2D eigenvalue weighted by atomic mass is 9.89. The molecule has 2 atom stereocenters. The van der Waals surface area contributed by atoms with Crippen molar-refractivity contribution in [3.8, 4) is 5.75 Å². The van der Waals surface area contributed by atoms with Crippen molar-refractivity contribution in [3.05, 3.63) is 142 Å². The number of nitrogens with zero attached hydrogens (tertiary/aromatic N) is 1. The minimum atomic E-state index is -0.339. The molecule has 2 nitrogen and oxygen atoms in total. The first-order chi connectivity index (χ1) is 16.7. The van der Waals surface area contributed by atoms with E-state index < -0.39 is 0 Å². The van der Waals surface area contributed by atoms with Crippen molar-refractivity contribution in [2.75, 3.05) is 4.90 Å². The fourth-order valence-corrected chi connectivity index (χ4v) is 5.08. The van der Waals surface area contributed by atoms with Gasteiger partial charge >= 0.3 is 0 Å². The monoisotopic (exact) mass is 481 g/mol. The summed E-state index contributed by atoms with van der Waals surface area (Å²) in [6.45, 7) is 0. The highest BCUT2D eigenvalue weighted by Crippen LogP contribution is 2.50. The maximum atomic E-state index is 6.77. The van der Waals surface area contributed by atoms with Crippen LogP contribution >= 0.6 is 23.2 Å². The van der Waals surface area contributed by atoms with Gasteiger partial charge in [-0.25, -0.2) is 0 Å². The Morgan fingerprint density at radius 3 is 1.91 bits per heavy atom. The maximum absolute atomic E-state index is 6.77. The summed E-state index contributed by atoms with van der Waals surface area (Å²) in [7, 11) is 0. The van der Waals surface area contributed by atoms with Crippen LogP contribution in [-0.4, -0.2) is 0 Å². The molecule has 5 aromatic carbocycles. The number of benzene rings is 5. The molecule has 34 heavy (non-hydrogen) atoms. The standard InChI is InChI=1S/C30H21Cl2NO/c31-23-15-10-21(11-16-23)29-28-26-9-5-4-6-20(26)14-19-27(28)34-30(22-12-17-24(32)18-13-22)33(29)25-7-2-1-3-8-25/h1-19,29-30H. The highest BCUT2D eigenvalue weighted by molar-refractivity contribution is 6.30. The number of fused-ring (bicyclic) bond motifs is 3. The highest BCUT2D eigenvalue weighted by atomic mass is 35.5. The van der Waals surface area contributed by atoms with E-state index >= 15 is 0 Å². The number of ether oxygens (including phenoxy) is 1. The minimum Gasteiger partial charge on any atom is -0.466 e. The number of rotatable bonds is 3. The van der Waals surface area contributed by atoms with Gasteiger partial charge < -0.3 is 9.64 Å². The van der Waals surface area contributed by atoms with Crippen LogP contribution in [0.2, 0.25) is 10.0 Å². The quantitative estimate of drug-likeness (QED) is 0.255. The molecule has 0 fully saturated rings. The van der Waals surface area contributed by atoms with Crippen molar-refractivity contribution >= 4 is 39.7 Å². The third-order valence-corrected chi connectivity index (χ3v) is 6.87. The Balaban J connectivity index is 1.66. The fraction of sp³-hybridized carbons (Fsp3) is 0.0667. The average molecular weight is 482 g/mol. The summed E-state index contributed by atoms with van der Waals surface area (Å²) in [4.78, 5) is 2.35. The van der Waals surface area contributed by atoms with Crippen molar-refractivity contribution in [3.63, 3.8) is 0 Å². The zero-order valence-corrected chi connectivity index (χ0v) is 19.7. The smallest absolute Gasteiger partial charge is 0.199 e. The normalized spacial score (nSPS) is 17.3. The van der Waals surface area contributed by atoms with Crippen LogP contribution < -0.4 is 9.64 Å². The fourth-order valence-electron chi connectivity index (χ4n) is 4.82. The first-order valence-electron chi connectivity index (χ1n) is 11.2. The van der Waals surface area contributed by atoms with Gasteiger partial charge in [-0.3, -0.25) is 0 Å². The van der Waals surface area contributed by atoms with Crippen molar-refractivity contribution in [2.45, 2.75) is 12.3 Å². The zero-order valence-electron chi connectivity index (χ0n) is 18.2. The molecule has 6 rings (SSSR count). The SMILES string of the molecule is Clc1ccc(C2Oc3ccc4ccccc4c3C(c3ccc(Cl)cc3)N2c2ccccc2)cc1. The van der Waals surface area contributed by atoms with Crippen LogP contribution in [0.3, 0.4) is 0 Å². The molecular weight excluding hydrogens is 461 g/mol. The van der Waals surface area contributed by atoms with Crippen LogP contribution in [0.15, 0.2) is 115 Å². The van der Waals surface area contributed by atoms with E-state index in [1.54, 1.807) is 0 Å². The van der Waals surface area contributed by atoms with Crippen LogP contribution in [-0.2, 0) is 0 Å². The van der Waals surface area contributed by atoms with Gasteiger partial charge in [0, 0.05) is 26.9 Å². The largest absolute Gasteiger partial charge is 0.466 e. The molecule has 0 amide bonds. The van der Waals surface area contributed by atoms with Crippen LogP contribution in [0.1, 0.15) is 29.0 Å². The Bertz CT molecular complexity index is 1450. The molecule has 0 saturated carbocycles. The predicted molar refractivity (Wildman–Crippen MR) is 141 cm³/mol. The molecule has 5 aromatic rings. The summed E-state index contributed by atoms with van der Waals surface area (Å²) in [5, 5.41) is 3.78. The lowest BCUT2D eigenvalue weighted by Crippen LogP contribution is -2.40. The van der Waals surface area contributed by atoms with Gasteiger partial charge in [0.05, 0.1) is 6.04 Å². The van der Waals surface area contributed by atoms with Gasteiger partial charge in [-0.05, 0) is 58.8 Å². The molecule has 1 heterocycles. The maximum Gasteiger partial charge on any atom is 0.199 e. The average Bonchev–Trinajstić information content (AvgIpc) is 2.89. The third-order valence-electron chi connectivity index (χ3n) is 6.37. The third kappa shape index (κ3) is 3.69. The second-order valence-electron chi connectivity index (χ2n) is 8.42. The van der Waals surface area contributed by atoms with Crippen molar-refractivity contribution in [1.29, 1.82) is 0 Å². The van der Waals surface area contributed by atoms with E-state index in [-0.39, 0.29) is 12.3 Å². The van der Waals surface area contributed by atoms with Gasteiger partial charge in [-0.15, -0.1) is 0 Å². The van der Waals surface area contributed by atoms with Gasteiger partial charge in [0.2, 0.25) is 0 Å². The topological polar surface area (TPSA) is 12.5 Å². The molecule has 0 radical (unpaired) electrons. The summed E-state index contributed by atoms with van der Waals surface area (Å²) in [5.74, 6) is 0.880. The lowest BCUT2D eigenvalue weighted by Gasteiger charge is -2.45. The lowest BCUT2D eigenvalue weighted by molar-refractivity contribution is 0.170. The van der Waals surface area contributed by atoms with Crippen LogP contribution in [0.5, 0.6) is 5.75 Å². The van der Waals surface area contributed by atoms with E-state index in [0.29, 0.717) is 5.02 Å². The van der Waals surface area contributed by atoms with Crippen molar-refractivity contribution in [2.24, 2.45) is 0 Å². The summed E-state index contributed by atoms with van der Waals surface area (Å²) >= 11 is 12.5. The Hall–Kier alpha value is -3.46.